The molecule has 0 aromatic rings. The van der Waals surface area contributed by atoms with Gasteiger partial charge in [0, 0.05) is 19.1 Å². The Morgan fingerprint density at radius 2 is 1.83 bits per heavy atom. The van der Waals surface area contributed by atoms with Gasteiger partial charge in [-0.05, 0) is 32.2 Å². The number of sulfonamides is 1. The molecule has 1 unspecified atom stereocenters. The number of rotatable bonds is 4. The highest BCUT2D eigenvalue weighted by atomic mass is 35.5. The van der Waals surface area contributed by atoms with Gasteiger partial charge in [0.1, 0.15) is 0 Å². The van der Waals surface area contributed by atoms with Crippen LogP contribution < -0.4 is 5.32 Å². The molecule has 0 radical (unpaired) electrons. The van der Waals surface area contributed by atoms with Crippen molar-refractivity contribution in [2.75, 3.05) is 25.9 Å². The van der Waals surface area contributed by atoms with E-state index < -0.39 is 10.0 Å². The number of halogens is 1. The Hall–Kier alpha value is 0.160. The molecule has 0 amide bonds. The maximum atomic E-state index is 12.3. The van der Waals surface area contributed by atoms with E-state index in [4.69, 9.17) is 0 Å². The number of hydrogen-bond acceptors (Lipinski definition) is 3. The molecule has 1 aliphatic carbocycles. The van der Waals surface area contributed by atoms with Crippen molar-refractivity contribution in [1.29, 1.82) is 0 Å². The van der Waals surface area contributed by atoms with E-state index in [0.717, 1.165) is 19.3 Å². The summed E-state index contributed by atoms with van der Waals surface area (Å²) >= 11 is 0. The molecule has 1 atom stereocenters. The Bertz CT molecular complexity index is 342. The lowest BCUT2D eigenvalue weighted by Gasteiger charge is -2.24. The molecule has 6 heteroatoms. The Morgan fingerprint density at radius 1 is 1.17 bits per heavy atom. The number of hydrogen-bond donors (Lipinski definition) is 1. The number of nitrogens with zero attached hydrogens (tertiary/aromatic N) is 1. The SMILES string of the molecule is CNC1CCN(S(=O)(=O)CC2CCCCC2)C1.Cl. The van der Waals surface area contributed by atoms with Crippen LogP contribution in [0.15, 0.2) is 0 Å². The van der Waals surface area contributed by atoms with E-state index in [1.165, 1.54) is 19.3 Å². The number of nitrogens with one attached hydrogen (secondary N) is 1. The van der Waals surface area contributed by atoms with Crippen LogP contribution in [0, 0.1) is 5.92 Å². The third-order valence-electron chi connectivity index (χ3n) is 4.12. The fourth-order valence-corrected chi connectivity index (χ4v) is 4.90. The molecule has 2 fully saturated rings. The largest absolute Gasteiger partial charge is 0.316 e. The third-order valence-corrected chi connectivity index (χ3v) is 6.13. The van der Waals surface area contributed by atoms with Crippen LogP contribution in [-0.2, 0) is 10.0 Å². The van der Waals surface area contributed by atoms with Gasteiger partial charge in [-0.1, -0.05) is 19.3 Å². The third kappa shape index (κ3) is 4.08. The molecule has 1 aliphatic heterocycles. The Labute approximate surface area is 117 Å². The Kier molecular flexibility index (Phi) is 6.38. The van der Waals surface area contributed by atoms with Gasteiger partial charge in [0.2, 0.25) is 10.0 Å². The van der Waals surface area contributed by atoms with Gasteiger partial charge in [-0.15, -0.1) is 12.4 Å². The van der Waals surface area contributed by atoms with Gasteiger partial charge in [0.15, 0.2) is 0 Å². The minimum absolute atomic E-state index is 0. The standard InChI is InChI=1S/C12H24N2O2S.ClH/c1-13-12-7-8-14(9-12)17(15,16)10-11-5-3-2-4-6-11;/h11-13H,2-10H2,1H3;1H. The van der Waals surface area contributed by atoms with Crippen molar-refractivity contribution in [2.45, 2.75) is 44.6 Å². The average molecular weight is 297 g/mol. The Balaban J connectivity index is 0.00000162. The smallest absolute Gasteiger partial charge is 0.214 e. The second-order valence-electron chi connectivity index (χ2n) is 5.41. The van der Waals surface area contributed by atoms with Crippen LogP contribution >= 0.6 is 12.4 Å². The molecule has 4 nitrogen and oxygen atoms in total. The van der Waals surface area contributed by atoms with Crippen molar-refractivity contribution in [1.82, 2.24) is 9.62 Å². The van der Waals surface area contributed by atoms with E-state index in [1.54, 1.807) is 4.31 Å². The molecule has 0 aromatic heterocycles. The second kappa shape index (κ2) is 7.08. The first-order valence-electron chi connectivity index (χ1n) is 6.77. The second-order valence-corrected chi connectivity index (χ2v) is 7.43. The van der Waals surface area contributed by atoms with Gasteiger partial charge >= 0.3 is 0 Å². The summed E-state index contributed by atoms with van der Waals surface area (Å²) < 4.78 is 26.2. The zero-order chi connectivity index (χ0) is 12.3. The van der Waals surface area contributed by atoms with E-state index in [0.29, 0.717) is 30.8 Å². The van der Waals surface area contributed by atoms with Crippen LogP contribution in [0.3, 0.4) is 0 Å². The molecule has 2 rings (SSSR count). The maximum absolute atomic E-state index is 12.3. The lowest BCUT2D eigenvalue weighted by Crippen LogP contribution is -2.36. The summed E-state index contributed by atoms with van der Waals surface area (Å²) in [5.41, 5.74) is 0. The molecule has 0 spiro atoms. The van der Waals surface area contributed by atoms with E-state index in [2.05, 4.69) is 5.32 Å². The highest BCUT2D eigenvalue weighted by Crippen LogP contribution is 2.26. The lowest BCUT2D eigenvalue weighted by molar-refractivity contribution is 0.375. The van der Waals surface area contributed by atoms with Crippen molar-refractivity contribution in [2.24, 2.45) is 5.92 Å². The fourth-order valence-electron chi connectivity index (χ4n) is 2.97. The van der Waals surface area contributed by atoms with Crippen LogP contribution in [-0.4, -0.2) is 44.7 Å². The zero-order valence-electron chi connectivity index (χ0n) is 11.1. The first kappa shape index (κ1) is 16.2. The summed E-state index contributed by atoms with van der Waals surface area (Å²) in [6.45, 7) is 1.35. The quantitative estimate of drug-likeness (QED) is 0.857. The van der Waals surface area contributed by atoms with Gasteiger partial charge < -0.3 is 5.32 Å². The van der Waals surface area contributed by atoms with Crippen LogP contribution in [0.25, 0.3) is 0 Å². The van der Waals surface area contributed by atoms with Gasteiger partial charge in [-0.2, -0.15) is 0 Å². The van der Waals surface area contributed by atoms with E-state index >= 15 is 0 Å². The van der Waals surface area contributed by atoms with Crippen LogP contribution in [0.4, 0.5) is 0 Å². The summed E-state index contributed by atoms with van der Waals surface area (Å²) in [6, 6.07) is 0.344. The fraction of sp³-hybridized carbons (Fsp3) is 1.00. The lowest BCUT2D eigenvalue weighted by atomic mass is 9.91. The van der Waals surface area contributed by atoms with E-state index in [1.807, 2.05) is 7.05 Å². The summed E-state index contributed by atoms with van der Waals surface area (Å²) in [4.78, 5) is 0. The zero-order valence-corrected chi connectivity index (χ0v) is 12.7. The highest BCUT2D eigenvalue weighted by Gasteiger charge is 2.32. The van der Waals surface area contributed by atoms with Crippen molar-refractivity contribution in [3.8, 4) is 0 Å². The van der Waals surface area contributed by atoms with Gasteiger partial charge in [-0.25, -0.2) is 12.7 Å². The Morgan fingerprint density at radius 3 is 2.39 bits per heavy atom. The van der Waals surface area contributed by atoms with E-state index in [-0.39, 0.29) is 12.4 Å². The molecule has 18 heavy (non-hydrogen) atoms. The van der Waals surface area contributed by atoms with Crippen molar-refractivity contribution in [3.63, 3.8) is 0 Å². The van der Waals surface area contributed by atoms with Crippen LogP contribution in [0.1, 0.15) is 38.5 Å². The first-order chi connectivity index (χ1) is 8.12. The minimum atomic E-state index is -3.01. The van der Waals surface area contributed by atoms with Crippen LogP contribution in [0.5, 0.6) is 0 Å². The normalized spacial score (nSPS) is 27.1. The molecule has 2 aliphatic rings. The molecule has 1 N–H and O–H groups in total. The minimum Gasteiger partial charge on any atom is -0.316 e. The highest BCUT2D eigenvalue weighted by molar-refractivity contribution is 7.89. The number of likely N-dealkylation sites (N-methyl/N-ethyl adjacent to an activating group) is 1. The molecule has 0 bridgehead atoms. The molecular formula is C12H25ClN2O2S. The van der Waals surface area contributed by atoms with Gasteiger partial charge in [-0.3, -0.25) is 0 Å². The molecule has 1 saturated carbocycles. The average Bonchev–Trinajstić information content (AvgIpc) is 2.79. The topological polar surface area (TPSA) is 49.4 Å². The first-order valence-corrected chi connectivity index (χ1v) is 8.38. The van der Waals surface area contributed by atoms with Crippen molar-refractivity contribution < 1.29 is 8.42 Å². The molecule has 1 saturated heterocycles. The van der Waals surface area contributed by atoms with Crippen molar-refractivity contribution >= 4 is 22.4 Å². The maximum Gasteiger partial charge on any atom is 0.214 e. The predicted octanol–water partition coefficient (Wildman–Crippen LogP) is 1.61. The van der Waals surface area contributed by atoms with Gasteiger partial charge in [0.25, 0.3) is 0 Å². The predicted molar refractivity (Wildman–Crippen MR) is 76.6 cm³/mol. The summed E-state index contributed by atoms with van der Waals surface area (Å²) in [7, 11) is -1.10. The molecular weight excluding hydrogens is 272 g/mol. The molecule has 0 aromatic carbocycles. The summed E-state index contributed by atoms with van der Waals surface area (Å²) in [5.74, 6) is 0.783. The monoisotopic (exact) mass is 296 g/mol. The molecule has 108 valence electrons. The summed E-state index contributed by atoms with van der Waals surface area (Å²) in [5, 5.41) is 3.16. The van der Waals surface area contributed by atoms with Gasteiger partial charge in [0.05, 0.1) is 5.75 Å². The molecule has 1 heterocycles. The van der Waals surface area contributed by atoms with E-state index in [9.17, 15) is 8.42 Å². The van der Waals surface area contributed by atoms with Crippen molar-refractivity contribution in [3.05, 3.63) is 0 Å². The summed E-state index contributed by atoms with van der Waals surface area (Å²) in [6.07, 6.45) is 6.84. The van der Waals surface area contributed by atoms with Crippen LogP contribution in [0.2, 0.25) is 0 Å².